The number of methoxy groups -OCH3 is 1. The fourth-order valence-corrected chi connectivity index (χ4v) is 1.85. The van der Waals surface area contributed by atoms with Gasteiger partial charge in [-0.25, -0.2) is 0 Å². The van der Waals surface area contributed by atoms with E-state index in [-0.39, 0.29) is 0 Å². The van der Waals surface area contributed by atoms with Gasteiger partial charge in [0.1, 0.15) is 0 Å². The molecule has 0 fully saturated rings. The summed E-state index contributed by atoms with van der Waals surface area (Å²) in [7, 11) is 1.66. The van der Waals surface area contributed by atoms with Crippen LogP contribution in [-0.4, -0.2) is 46.7 Å². The summed E-state index contributed by atoms with van der Waals surface area (Å²) in [6, 6.07) is 5.97. The van der Waals surface area contributed by atoms with Gasteiger partial charge < -0.3 is 24.7 Å². The van der Waals surface area contributed by atoms with Crippen molar-refractivity contribution < 1.29 is 18.9 Å². The number of nitrogens with two attached hydrogens (primary N) is 1. The third-order valence-electron chi connectivity index (χ3n) is 2.86. The molecule has 0 heterocycles. The van der Waals surface area contributed by atoms with Gasteiger partial charge in [-0.15, -0.1) is 0 Å². The van der Waals surface area contributed by atoms with E-state index in [4.69, 9.17) is 24.7 Å². The van der Waals surface area contributed by atoms with Crippen LogP contribution in [0.4, 0.5) is 0 Å². The second-order valence-corrected chi connectivity index (χ2v) is 4.56. The Labute approximate surface area is 127 Å². The van der Waals surface area contributed by atoms with Crippen molar-refractivity contribution in [2.45, 2.75) is 19.8 Å². The summed E-state index contributed by atoms with van der Waals surface area (Å²) in [5.74, 6) is 1.55. The van der Waals surface area contributed by atoms with Crippen LogP contribution >= 0.6 is 0 Å². The summed E-state index contributed by atoms with van der Waals surface area (Å²) in [6.45, 7) is 5.71. The molecule has 2 N–H and O–H groups in total. The fourth-order valence-electron chi connectivity index (χ4n) is 1.85. The zero-order valence-electron chi connectivity index (χ0n) is 13.1. The van der Waals surface area contributed by atoms with Crippen molar-refractivity contribution in [1.82, 2.24) is 0 Å². The van der Waals surface area contributed by atoms with Gasteiger partial charge in [-0.2, -0.15) is 0 Å². The predicted octanol–water partition coefficient (Wildman–Crippen LogP) is 2.02. The highest BCUT2D eigenvalue weighted by Gasteiger charge is 2.06. The maximum atomic E-state index is 5.76. The molecule has 1 rings (SSSR count). The summed E-state index contributed by atoms with van der Waals surface area (Å²) in [5, 5.41) is 0. The van der Waals surface area contributed by atoms with Crippen LogP contribution in [0.1, 0.15) is 18.9 Å². The molecule has 0 radical (unpaired) electrons. The SMILES string of the molecule is CCOc1cc(CCN)ccc1OCCCOCCOC. The second kappa shape index (κ2) is 11.4. The summed E-state index contributed by atoms with van der Waals surface area (Å²) in [5.41, 5.74) is 6.74. The number of hydrogen-bond acceptors (Lipinski definition) is 5. The average Bonchev–Trinajstić information content (AvgIpc) is 2.49. The number of benzene rings is 1. The van der Waals surface area contributed by atoms with Gasteiger partial charge in [0.25, 0.3) is 0 Å². The Morgan fingerprint density at radius 3 is 2.57 bits per heavy atom. The molecular weight excluding hydrogens is 270 g/mol. The van der Waals surface area contributed by atoms with Crippen LogP contribution in [-0.2, 0) is 15.9 Å². The van der Waals surface area contributed by atoms with Gasteiger partial charge in [-0.3, -0.25) is 0 Å². The molecule has 0 aromatic heterocycles. The van der Waals surface area contributed by atoms with E-state index >= 15 is 0 Å². The van der Waals surface area contributed by atoms with Crippen LogP contribution in [0.3, 0.4) is 0 Å². The minimum atomic E-state index is 0.600. The van der Waals surface area contributed by atoms with Crippen LogP contribution in [0.5, 0.6) is 11.5 Å². The van der Waals surface area contributed by atoms with E-state index in [1.165, 1.54) is 0 Å². The van der Waals surface area contributed by atoms with E-state index in [1.807, 2.05) is 25.1 Å². The zero-order valence-corrected chi connectivity index (χ0v) is 13.1. The molecule has 0 amide bonds. The summed E-state index contributed by atoms with van der Waals surface area (Å²) < 4.78 is 21.7. The summed E-state index contributed by atoms with van der Waals surface area (Å²) in [6.07, 6.45) is 1.67. The molecule has 5 heteroatoms. The second-order valence-electron chi connectivity index (χ2n) is 4.56. The largest absolute Gasteiger partial charge is 0.490 e. The van der Waals surface area contributed by atoms with E-state index in [0.29, 0.717) is 39.6 Å². The van der Waals surface area contributed by atoms with Crippen molar-refractivity contribution in [2.24, 2.45) is 5.73 Å². The summed E-state index contributed by atoms with van der Waals surface area (Å²) in [4.78, 5) is 0. The van der Waals surface area contributed by atoms with Gasteiger partial charge >= 0.3 is 0 Å². The van der Waals surface area contributed by atoms with Crippen LogP contribution in [0.25, 0.3) is 0 Å². The van der Waals surface area contributed by atoms with E-state index < -0.39 is 0 Å². The lowest BCUT2D eigenvalue weighted by atomic mass is 10.1. The van der Waals surface area contributed by atoms with Crippen molar-refractivity contribution in [1.29, 1.82) is 0 Å². The Balaban J connectivity index is 2.38. The zero-order chi connectivity index (χ0) is 15.3. The monoisotopic (exact) mass is 297 g/mol. The molecule has 0 atom stereocenters. The molecule has 0 spiro atoms. The minimum Gasteiger partial charge on any atom is -0.490 e. The highest BCUT2D eigenvalue weighted by molar-refractivity contribution is 5.43. The fraction of sp³-hybridized carbons (Fsp3) is 0.625. The molecule has 1 aromatic rings. The van der Waals surface area contributed by atoms with E-state index in [2.05, 4.69) is 0 Å². The molecule has 0 unspecified atom stereocenters. The van der Waals surface area contributed by atoms with E-state index in [0.717, 1.165) is 29.9 Å². The highest BCUT2D eigenvalue weighted by Crippen LogP contribution is 2.28. The van der Waals surface area contributed by atoms with Crippen molar-refractivity contribution >= 4 is 0 Å². The molecular formula is C16H27NO4. The van der Waals surface area contributed by atoms with Crippen LogP contribution < -0.4 is 15.2 Å². The smallest absolute Gasteiger partial charge is 0.161 e. The molecule has 21 heavy (non-hydrogen) atoms. The molecule has 0 aliphatic carbocycles. The Kier molecular flexibility index (Phi) is 9.61. The normalized spacial score (nSPS) is 10.6. The van der Waals surface area contributed by atoms with Crippen LogP contribution in [0.15, 0.2) is 18.2 Å². The van der Waals surface area contributed by atoms with Gasteiger partial charge in [0.15, 0.2) is 11.5 Å². The van der Waals surface area contributed by atoms with Crippen molar-refractivity contribution in [3.8, 4) is 11.5 Å². The molecule has 0 aliphatic heterocycles. The number of ether oxygens (including phenoxy) is 4. The topological polar surface area (TPSA) is 62.9 Å². The highest BCUT2D eigenvalue weighted by atomic mass is 16.5. The van der Waals surface area contributed by atoms with Crippen molar-refractivity contribution in [2.75, 3.05) is 46.7 Å². The maximum Gasteiger partial charge on any atom is 0.161 e. The lowest BCUT2D eigenvalue weighted by Crippen LogP contribution is -2.08. The quantitative estimate of drug-likeness (QED) is 0.598. The Bertz CT molecular complexity index is 385. The van der Waals surface area contributed by atoms with Crippen molar-refractivity contribution in [3.63, 3.8) is 0 Å². The standard InChI is InChI=1S/C16H27NO4/c1-3-20-16-13-14(7-8-17)5-6-15(16)21-10-4-9-19-12-11-18-2/h5-6,13H,3-4,7-12,17H2,1-2H3. The van der Waals surface area contributed by atoms with Gasteiger partial charge in [-0.1, -0.05) is 6.07 Å². The van der Waals surface area contributed by atoms with Gasteiger partial charge in [0.2, 0.25) is 0 Å². The maximum absolute atomic E-state index is 5.76. The Morgan fingerprint density at radius 1 is 1.00 bits per heavy atom. The first-order valence-electron chi connectivity index (χ1n) is 7.47. The predicted molar refractivity (Wildman–Crippen MR) is 83.2 cm³/mol. The molecule has 0 bridgehead atoms. The molecule has 0 aliphatic rings. The van der Waals surface area contributed by atoms with Crippen LogP contribution in [0.2, 0.25) is 0 Å². The summed E-state index contributed by atoms with van der Waals surface area (Å²) >= 11 is 0. The van der Waals surface area contributed by atoms with E-state index in [9.17, 15) is 0 Å². The van der Waals surface area contributed by atoms with E-state index in [1.54, 1.807) is 7.11 Å². The van der Waals surface area contributed by atoms with Crippen molar-refractivity contribution in [3.05, 3.63) is 23.8 Å². The van der Waals surface area contributed by atoms with Crippen LogP contribution in [0, 0.1) is 0 Å². The lowest BCUT2D eigenvalue weighted by Gasteiger charge is -2.13. The first kappa shape index (κ1) is 17.8. The third kappa shape index (κ3) is 7.32. The molecule has 0 saturated carbocycles. The molecule has 120 valence electrons. The van der Waals surface area contributed by atoms with Gasteiger partial charge in [0, 0.05) is 20.1 Å². The van der Waals surface area contributed by atoms with Gasteiger partial charge in [-0.05, 0) is 37.6 Å². The molecule has 0 saturated heterocycles. The minimum absolute atomic E-state index is 0.600. The Morgan fingerprint density at radius 2 is 1.86 bits per heavy atom. The first-order chi connectivity index (χ1) is 10.3. The van der Waals surface area contributed by atoms with Gasteiger partial charge in [0.05, 0.1) is 26.4 Å². The molecule has 1 aromatic carbocycles. The Hall–Kier alpha value is -1.30. The average molecular weight is 297 g/mol. The number of rotatable bonds is 12. The number of hydrogen-bond donors (Lipinski definition) is 1. The molecule has 5 nitrogen and oxygen atoms in total. The third-order valence-corrected chi connectivity index (χ3v) is 2.86. The lowest BCUT2D eigenvalue weighted by molar-refractivity contribution is 0.0642. The first-order valence-corrected chi connectivity index (χ1v) is 7.47.